The maximum absolute atomic E-state index is 11.8. The highest BCUT2D eigenvalue weighted by molar-refractivity contribution is 7.09. The summed E-state index contributed by atoms with van der Waals surface area (Å²) in [5.41, 5.74) is 0.816. The zero-order chi connectivity index (χ0) is 12.2. The van der Waals surface area contributed by atoms with Gasteiger partial charge >= 0.3 is 6.18 Å². The molecule has 92 valence electrons. The van der Waals surface area contributed by atoms with Gasteiger partial charge in [0.05, 0.1) is 17.1 Å². The van der Waals surface area contributed by atoms with E-state index in [1.165, 1.54) is 0 Å². The quantitative estimate of drug-likeness (QED) is 0.813. The van der Waals surface area contributed by atoms with Crippen LogP contribution in [0.3, 0.4) is 0 Å². The summed E-state index contributed by atoms with van der Waals surface area (Å²) in [6, 6.07) is 0. The number of alkyl halides is 3. The molecule has 2 nitrogen and oxygen atoms in total. The molecule has 0 aliphatic heterocycles. The zero-order valence-corrected chi connectivity index (χ0v) is 10.1. The van der Waals surface area contributed by atoms with Crippen molar-refractivity contribution in [3.8, 4) is 0 Å². The monoisotopic (exact) mass is 252 g/mol. The number of rotatable bonds is 5. The molecule has 1 heterocycles. The van der Waals surface area contributed by atoms with Crippen molar-refractivity contribution in [3.05, 3.63) is 16.1 Å². The van der Waals surface area contributed by atoms with Crippen molar-refractivity contribution in [3.63, 3.8) is 0 Å². The van der Waals surface area contributed by atoms with Gasteiger partial charge in [-0.15, -0.1) is 11.3 Å². The first-order valence-corrected chi connectivity index (χ1v) is 5.98. The number of halogens is 3. The highest BCUT2D eigenvalue weighted by Gasteiger charge is 2.25. The van der Waals surface area contributed by atoms with Crippen LogP contribution in [0.4, 0.5) is 13.2 Å². The fraction of sp³-hybridized carbons (Fsp3) is 0.700. The summed E-state index contributed by atoms with van der Waals surface area (Å²) >= 11 is 1.55. The summed E-state index contributed by atoms with van der Waals surface area (Å²) in [4.78, 5) is 4.32. The lowest BCUT2D eigenvalue weighted by molar-refractivity contribution is -0.133. The summed E-state index contributed by atoms with van der Waals surface area (Å²) in [7, 11) is 0. The van der Waals surface area contributed by atoms with Gasteiger partial charge in [-0.3, -0.25) is 0 Å². The van der Waals surface area contributed by atoms with Crippen LogP contribution in [0, 0.1) is 0 Å². The minimum absolute atomic E-state index is 0.0575. The molecule has 16 heavy (non-hydrogen) atoms. The molecule has 0 amide bonds. The normalized spacial score (nSPS) is 12.4. The summed E-state index contributed by atoms with van der Waals surface area (Å²) in [6.45, 7) is 4.43. The minimum Gasteiger partial charge on any atom is -0.311 e. The predicted molar refractivity (Wildman–Crippen MR) is 58.6 cm³/mol. The maximum Gasteiger partial charge on any atom is 0.390 e. The topological polar surface area (TPSA) is 24.9 Å². The molecule has 0 saturated carbocycles. The third-order valence-electron chi connectivity index (χ3n) is 1.95. The van der Waals surface area contributed by atoms with Crippen molar-refractivity contribution < 1.29 is 13.2 Å². The van der Waals surface area contributed by atoms with E-state index in [1.54, 1.807) is 11.3 Å². The van der Waals surface area contributed by atoms with E-state index in [0.29, 0.717) is 12.5 Å². The molecule has 6 heteroatoms. The summed E-state index contributed by atoms with van der Waals surface area (Å²) < 4.78 is 35.5. The van der Waals surface area contributed by atoms with Gasteiger partial charge in [0.25, 0.3) is 0 Å². The Morgan fingerprint density at radius 1 is 1.44 bits per heavy atom. The van der Waals surface area contributed by atoms with Crippen LogP contribution in [0.15, 0.2) is 5.38 Å². The molecule has 1 aromatic rings. The van der Waals surface area contributed by atoms with E-state index in [9.17, 15) is 13.2 Å². The van der Waals surface area contributed by atoms with Crippen LogP contribution in [0.5, 0.6) is 0 Å². The number of thiazole rings is 1. The highest BCUT2D eigenvalue weighted by atomic mass is 32.1. The van der Waals surface area contributed by atoms with Gasteiger partial charge in [-0.1, -0.05) is 13.8 Å². The van der Waals surface area contributed by atoms with Gasteiger partial charge in [-0.05, 0) is 0 Å². The third-order valence-corrected chi connectivity index (χ3v) is 3.15. The van der Waals surface area contributed by atoms with Crippen LogP contribution in [0.2, 0.25) is 0 Å². The summed E-state index contributed by atoms with van der Waals surface area (Å²) in [5, 5.41) is 5.64. The summed E-state index contributed by atoms with van der Waals surface area (Å²) in [6.07, 6.45) is -4.88. The molecule has 1 rings (SSSR count). The Morgan fingerprint density at radius 3 is 2.62 bits per heavy atom. The average Bonchev–Trinajstić information content (AvgIpc) is 2.59. The fourth-order valence-corrected chi connectivity index (χ4v) is 1.95. The van der Waals surface area contributed by atoms with Crippen LogP contribution in [0.25, 0.3) is 0 Å². The number of nitrogens with zero attached hydrogens (tertiary/aromatic N) is 1. The lowest BCUT2D eigenvalue weighted by atomic mass is 10.2. The van der Waals surface area contributed by atoms with E-state index in [0.717, 1.165) is 10.7 Å². The Hall–Kier alpha value is -0.620. The molecule has 1 N–H and O–H groups in total. The van der Waals surface area contributed by atoms with E-state index < -0.39 is 12.6 Å². The first kappa shape index (κ1) is 13.4. The maximum atomic E-state index is 11.8. The molecule has 0 saturated heterocycles. The van der Waals surface area contributed by atoms with Crippen LogP contribution in [-0.2, 0) is 6.54 Å². The number of hydrogen-bond acceptors (Lipinski definition) is 3. The third kappa shape index (κ3) is 4.94. The first-order chi connectivity index (χ1) is 7.38. The van der Waals surface area contributed by atoms with Gasteiger partial charge in [0, 0.05) is 24.4 Å². The Labute approximate surface area is 96.9 Å². The van der Waals surface area contributed by atoms with Crippen molar-refractivity contribution in [2.45, 2.75) is 38.9 Å². The van der Waals surface area contributed by atoms with E-state index in [-0.39, 0.29) is 6.54 Å². The molecule has 0 aliphatic rings. The van der Waals surface area contributed by atoms with Crippen LogP contribution >= 0.6 is 11.3 Å². The molecule has 0 aliphatic carbocycles. The number of hydrogen-bond donors (Lipinski definition) is 1. The lowest BCUT2D eigenvalue weighted by Gasteiger charge is -2.06. The molecule has 0 unspecified atom stereocenters. The predicted octanol–water partition coefficient (Wildman–Crippen LogP) is 3.31. The largest absolute Gasteiger partial charge is 0.390 e. The first-order valence-electron chi connectivity index (χ1n) is 5.10. The molecule has 0 atom stereocenters. The number of nitrogens with one attached hydrogen (secondary N) is 1. The lowest BCUT2D eigenvalue weighted by Crippen LogP contribution is -2.21. The molecular weight excluding hydrogens is 237 g/mol. The SMILES string of the molecule is CC(C)c1nc(CNCCC(F)(F)F)cs1. The van der Waals surface area contributed by atoms with Crippen LogP contribution in [0.1, 0.15) is 36.9 Å². The van der Waals surface area contributed by atoms with E-state index >= 15 is 0 Å². The Kier molecular flexibility index (Phi) is 4.73. The molecule has 0 radical (unpaired) electrons. The number of aromatic nitrogens is 1. The molecule has 0 bridgehead atoms. The van der Waals surface area contributed by atoms with E-state index in [1.807, 2.05) is 19.2 Å². The summed E-state index contributed by atoms with van der Waals surface area (Å²) in [5.74, 6) is 0.369. The zero-order valence-electron chi connectivity index (χ0n) is 9.27. The molecule has 0 fully saturated rings. The second-order valence-electron chi connectivity index (χ2n) is 3.87. The molecule has 0 aromatic carbocycles. The average molecular weight is 252 g/mol. The smallest absolute Gasteiger partial charge is 0.311 e. The Bertz CT molecular complexity index is 320. The van der Waals surface area contributed by atoms with Gasteiger partial charge in [-0.25, -0.2) is 4.98 Å². The Morgan fingerprint density at radius 2 is 2.12 bits per heavy atom. The molecular formula is C10H15F3N2S. The van der Waals surface area contributed by atoms with E-state index in [2.05, 4.69) is 10.3 Å². The van der Waals surface area contributed by atoms with Gasteiger partial charge in [-0.2, -0.15) is 13.2 Å². The minimum atomic E-state index is -4.09. The highest BCUT2D eigenvalue weighted by Crippen LogP contribution is 2.20. The van der Waals surface area contributed by atoms with Crippen LogP contribution < -0.4 is 5.32 Å². The van der Waals surface area contributed by atoms with Gasteiger partial charge in [0.2, 0.25) is 0 Å². The fourth-order valence-electron chi connectivity index (χ4n) is 1.12. The standard InChI is InChI=1S/C10H15F3N2S/c1-7(2)9-15-8(6-16-9)5-14-4-3-10(11,12)13/h6-7,14H,3-5H2,1-2H3. The Balaban J connectivity index is 2.27. The second-order valence-corrected chi connectivity index (χ2v) is 4.76. The van der Waals surface area contributed by atoms with Crippen molar-refractivity contribution in [2.75, 3.05) is 6.54 Å². The van der Waals surface area contributed by atoms with Crippen LogP contribution in [-0.4, -0.2) is 17.7 Å². The van der Waals surface area contributed by atoms with Crippen molar-refractivity contribution >= 4 is 11.3 Å². The van der Waals surface area contributed by atoms with Crippen molar-refractivity contribution in [2.24, 2.45) is 0 Å². The van der Waals surface area contributed by atoms with Gasteiger partial charge in [0.15, 0.2) is 0 Å². The van der Waals surface area contributed by atoms with Gasteiger partial charge in [0.1, 0.15) is 0 Å². The molecule has 0 spiro atoms. The van der Waals surface area contributed by atoms with E-state index in [4.69, 9.17) is 0 Å². The second kappa shape index (κ2) is 5.63. The molecule has 1 aromatic heterocycles. The van der Waals surface area contributed by atoms with Crippen molar-refractivity contribution in [1.29, 1.82) is 0 Å². The van der Waals surface area contributed by atoms with Crippen molar-refractivity contribution in [1.82, 2.24) is 10.3 Å². The van der Waals surface area contributed by atoms with Gasteiger partial charge < -0.3 is 5.32 Å².